The van der Waals surface area contributed by atoms with Gasteiger partial charge in [-0.2, -0.15) is 0 Å². The third-order valence-electron chi connectivity index (χ3n) is 5.00. The van der Waals surface area contributed by atoms with Gasteiger partial charge in [0.05, 0.1) is 0 Å². The average Bonchev–Trinajstić information content (AvgIpc) is 2.94. The molecule has 0 radical (unpaired) electrons. The summed E-state index contributed by atoms with van der Waals surface area (Å²) in [6.45, 7) is 7.00. The molecule has 0 spiro atoms. The predicted octanol–water partition coefficient (Wildman–Crippen LogP) is 4.06. The van der Waals surface area contributed by atoms with Crippen molar-refractivity contribution >= 4 is 11.6 Å². The maximum atomic E-state index is 12.7. The lowest BCUT2D eigenvalue weighted by Crippen LogP contribution is -2.36. The first-order valence-electron chi connectivity index (χ1n) is 8.25. The number of amides is 1. The van der Waals surface area contributed by atoms with Crippen LogP contribution in [0.25, 0.3) is 0 Å². The minimum atomic E-state index is 0.113. The zero-order valence-electron chi connectivity index (χ0n) is 13.6. The number of ether oxygens (including phenoxy) is 2. The number of hydrogen-bond acceptors (Lipinski definition) is 3. The van der Waals surface area contributed by atoms with Crippen LogP contribution in [0, 0.1) is 23.7 Å². The second-order valence-electron chi connectivity index (χ2n) is 6.99. The minimum absolute atomic E-state index is 0.113. The fourth-order valence-corrected chi connectivity index (χ4v) is 3.70. The highest BCUT2D eigenvalue weighted by atomic mass is 16.7. The fourth-order valence-electron chi connectivity index (χ4n) is 3.70. The molecule has 1 fully saturated rings. The van der Waals surface area contributed by atoms with Crippen LogP contribution in [-0.4, -0.2) is 12.7 Å². The molecule has 4 nitrogen and oxygen atoms in total. The molecule has 1 amide bonds. The van der Waals surface area contributed by atoms with E-state index in [4.69, 9.17) is 9.47 Å². The van der Waals surface area contributed by atoms with E-state index in [1.165, 1.54) is 0 Å². The standard InChI is InChI=1S/C18H25NO3/c1-11(2)15-8-12(3)4-6-14(15)18(20)19-13-5-7-16-17(9-13)22-10-21-16/h5,7,9,11-12,14-15H,4,6,8,10H2,1-3H3,(H,19,20). The molecule has 0 saturated heterocycles. The molecular formula is C18H25NO3. The molecule has 2 aliphatic rings. The SMILES string of the molecule is CC1CCC(C(=O)Nc2ccc3c(c2)OCO3)C(C(C)C)C1. The number of anilines is 1. The number of carbonyl (C=O) groups is 1. The van der Waals surface area contributed by atoms with Crippen LogP contribution in [0.2, 0.25) is 0 Å². The van der Waals surface area contributed by atoms with Crippen LogP contribution in [0.5, 0.6) is 11.5 Å². The largest absolute Gasteiger partial charge is 0.454 e. The van der Waals surface area contributed by atoms with Crippen LogP contribution >= 0.6 is 0 Å². The van der Waals surface area contributed by atoms with Crippen LogP contribution in [0.4, 0.5) is 5.69 Å². The average molecular weight is 303 g/mol. The normalized spacial score (nSPS) is 27.0. The topological polar surface area (TPSA) is 47.6 Å². The molecule has 0 bridgehead atoms. The van der Waals surface area contributed by atoms with Crippen LogP contribution in [0.3, 0.4) is 0 Å². The summed E-state index contributed by atoms with van der Waals surface area (Å²) in [6.07, 6.45) is 3.28. The number of rotatable bonds is 3. The molecule has 4 heteroatoms. The summed E-state index contributed by atoms with van der Waals surface area (Å²) in [5.41, 5.74) is 0.787. The van der Waals surface area contributed by atoms with Crippen molar-refractivity contribution in [2.45, 2.75) is 40.0 Å². The molecule has 3 atom stereocenters. The molecule has 1 aliphatic carbocycles. The summed E-state index contributed by atoms with van der Waals surface area (Å²) in [7, 11) is 0. The van der Waals surface area contributed by atoms with Gasteiger partial charge in [-0.15, -0.1) is 0 Å². The summed E-state index contributed by atoms with van der Waals surface area (Å²) < 4.78 is 10.7. The lowest BCUT2D eigenvalue weighted by Gasteiger charge is -2.36. The third-order valence-corrected chi connectivity index (χ3v) is 5.00. The molecular weight excluding hydrogens is 278 g/mol. The second kappa shape index (κ2) is 6.19. The molecule has 1 aromatic carbocycles. The Morgan fingerprint density at radius 2 is 2.00 bits per heavy atom. The maximum absolute atomic E-state index is 12.7. The molecule has 1 aromatic rings. The second-order valence-corrected chi connectivity index (χ2v) is 6.99. The number of nitrogens with one attached hydrogen (secondary N) is 1. The Bertz CT molecular complexity index is 555. The molecule has 1 saturated carbocycles. The van der Waals surface area contributed by atoms with Crippen molar-refractivity contribution in [1.29, 1.82) is 0 Å². The number of carbonyl (C=O) groups excluding carboxylic acids is 1. The molecule has 1 N–H and O–H groups in total. The van der Waals surface area contributed by atoms with Crippen molar-refractivity contribution in [3.05, 3.63) is 18.2 Å². The highest BCUT2D eigenvalue weighted by molar-refractivity contribution is 5.93. The smallest absolute Gasteiger partial charge is 0.231 e. The summed E-state index contributed by atoms with van der Waals surface area (Å²) in [4.78, 5) is 12.7. The minimum Gasteiger partial charge on any atom is -0.454 e. The van der Waals surface area contributed by atoms with E-state index < -0.39 is 0 Å². The van der Waals surface area contributed by atoms with Crippen molar-refractivity contribution in [3.63, 3.8) is 0 Å². The monoisotopic (exact) mass is 303 g/mol. The van der Waals surface area contributed by atoms with Gasteiger partial charge in [-0.1, -0.05) is 20.8 Å². The van der Waals surface area contributed by atoms with E-state index in [0.717, 1.165) is 36.6 Å². The van der Waals surface area contributed by atoms with Gasteiger partial charge in [-0.25, -0.2) is 0 Å². The van der Waals surface area contributed by atoms with E-state index in [1.54, 1.807) is 0 Å². The van der Waals surface area contributed by atoms with Crippen molar-refractivity contribution < 1.29 is 14.3 Å². The first-order valence-corrected chi connectivity index (χ1v) is 8.25. The fraction of sp³-hybridized carbons (Fsp3) is 0.611. The Morgan fingerprint density at radius 1 is 1.23 bits per heavy atom. The van der Waals surface area contributed by atoms with Gasteiger partial charge in [0.25, 0.3) is 0 Å². The first kappa shape index (κ1) is 15.2. The summed E-state index contributed by atoms with van der Waals surface area (Å²) in [5, 5.41) is 3.07. The number of benzene rings is 1. The van der Waals surface area contributed by atoms with Crippen LogP contribution in [0.15, 0.2) is 18.2 Å². The van der Waals surface area contributed by atoms with Gasteiger partial charge in [-0.05, 0) is 49.1 Å². The van der Waals surface area contributed by atoms with Crippen LogP contribution < -0.4 is 14.8 Å². The molecule has 3 rings (SSSR count). The Morgan fingerprint density at radius 3 is 2.77 bits per heavy atom. The van der Waals surface area contributed by atoms with Gasteiger partial charge in [0.2, 0.25) is 12.7 Å². The van der Waals surface area contributed by atoms with Gasteiger partial charge in [0.1, 0.15) is 0 Å². The summed E-state index contributed by atoms with van der Waals surface area (Å²) >= 11 is 0. The maximum Gasteiger partial charge on any atom is 0.231 e. The van der Waals surface area contributed by atoms with Crippen LogP contribution in [0.1, 0.15) is 40.0 Å². The lowest BCUT2D eigenvalue weighted by molar-refractivity contribution is -0.123. The first-order chi connectivity index (χ1) is 10.5. The van der Waals surface area contributed by atoms with Gasteiger partial charge >= 0.3 is 0 Å². The molecule has 1 heterocycles. The van der Waals surface area contributed by atoms with Crippen molar-refractivity contribution in [1.82, 2.24) is 0 Å². The Balaban J connectivity index is 1.70. The molecule has 3 unspecified atom stereocenters. The van der Waals surface area contributed by atoms with Gasteiger partial charge < -0.3 is 14.8 Å². The Labute approximate surface area is 132 Å². The van der Waals surface area contributed by atoms with Crippen molar-refractivity contribution in [3.8, 4) is 11.5 Å². The Hall–Kier alpha value is -1.71. The number of hydrogen-bond donors (Lipinski definition) is 1. The third kappa shape index (κ3) is 3.06. The molecule has 1 aliphatic heterocycles. The molecule has 0 aromatic heterocycles. The van der Waals surface area contributed by atoms with E-state index in [0.29, 0.717) is 17.6 Å². The molecule has 120 valence electrons. The quantitative estimate of drug-likeness (QED) is 0.916. The van der Waals surface area contributed by atoms with Gasteiger partial charge in [0, 0.05) is 17.7 Å². The van der Waals surface area contributed by atoms with E-state index in [-0.39, 0.29) is 18.6 Å². The lowest BCUT2D eigenvalue weighted by atomic mass is 9.69. The zero-order valence-corrected chi connectivity index (χ0v) is 13.6. The predicted molar refractivity (Wildman–Crippen MR) is 86.0 cm³/mol. The van der Waals surface area contributed by atoms with E-state index >= 15 is 0 Å². The zero-order chi connectivity index (χ0) is 15.7. The molecule has 22 heavy (non-hydrogen) atoms. The van der Waals surface area contributed by atoms with E-state index in [1.807, 2.05) is 18.2 Å². The highest BCUT2D eigenvalue weighted by Crippen LogP contribution is 2.39. The van der Waals surface area contributed by atoms with Crippen LogP contribution in [-0.2, 0) is 4.79 Å². The highest BCUT2D eigenvalue weighted by Gasteiger charge is 2.35. The van der Waals surface area contributed by atoms with E-state index in [2.05, 4.69) is 26.1 Å². The summed E-state index contributed by atoms with van der Waals surface area (Å²) in [6, 6.07) is 5.57. The summed E-state index contributed by atoms with van der Waals surface area (Å²) in [5.74, 6) is 3.43. The number of fused-ring (bicyclic) bond motifs is 1. The Kier molecular flexibility index (Phi) is 4.27. The van der Waals surface area contributed by atoms with Crippen molar-refractivity contribution in [2.75, 3.05) is 12.1 Å². The van der Waals surface area contributed by atoms with E-state index in [9.17, 15) is 4.79 Å². The van der Waals surface area contributed by atoms with Gasteiger partial charge in [-0.3, -0.25) is 4.79 Å². The van der Waals surface area contributed by atoms with Gasteiger partial charge in [0.15, 0.2) is 11.5 Å². The van der Waals surface area contributed by atoms with Crippen molar-refractivity contribution in [2.24, 2.45) is 23.7 Å².